The van der Waals surface area contributed by atoms with Crippen LogP contribution in [0.4, 0.5) is 4.39 Å². The average molecular weight is 203 g/mol. The number of halogens is 1. The van der Waals surface area contributed by atoms with Crippen molar-refractivity contribution in [2.75, 3.05) is 0 Å². The van der Waals surface area contributed by atoms with E-state index in [2.05, 4.69) is 9.97 Å². The van der Waals surface area contributed by atoms with Crippen LogP contribution in [-0.4, -0.2) is 14.4 Å². The molecule has 0 fully saturated rings. The van der Waals surface area contributed by atoms with Crippen molar-refractivity contribution in [2.45, 2.75) is 0 Å². The van der Waals surface area contributed by atoms with Crippen LogP contribution in [0.5, 0.6) is 0 Å². The minimum atomic E-state index is -0.343. The van der Waals surface area contributed by atoms with Crippen molar-refractivity contribution in [3.05, 3.63) is 46.9 Å². The maximum absolute atomic E-state index is 13.0. The Morgan fingerprint density at radius 3 is 3.07 bits per heavy atom. The van der Waals surface area contributed by atoms with Crippen molar-refractivity contribution in [3.63, 3.8) is 0 Å². The van der Waals surface area contributed by atoms with Crippen molar-refractivity contribution in [1.82, 2.24) is 14.4 Å². The molecule has 15 heavy (non-hydrogen) atoms. The van der Waals surface area contributed by atoms with Gasteiger partial charge in [-0.2, -0.15) is 0 Å². The molecule has 0 aliphatic heterocycles. The van der Waals surface area contributed by atoms with Gasteiger partial charge in [-0.1, -0.05) is 0 Å². The van der Waals surface area contributed by atoms with E-state index < -0.39 is 0 Å². The number of H-pyrrole nitrogens is 1. The van der Waals surface area contributed by atoms with E-state index in [1.54, 1.807) is 4.40 Å². The van der Waals surface area contributed by atoms with Crippen LogP contribution >= 0.6 is 0 Å². The molecule has 4 nitrogen and oxygen atoms in total. The van der Waals surface area contributed by atoms with E-state index in [0.29, 0.717) is 16.6 Å². The molecule has 0 bridgehead atoms. The van der Waals surface area contributed by atoms with Gasteiger partial charge in [-0.05, 0) is 12.1 Å². The van der Waals surface area contributed by atoms with Crippen molar-refractivity contribution in [1.29, 1.82) is 0 Å². The predicted octanol–water partition coefficient (Wildman–Crippen LogP) is 1.31. The number of benzene rings is 1. The summed E-state index contributed by atoms with van der Waals surface area (Å²) in [6.45, 7) is 0. The maximum Gasteiger partial charge on any atom is 0.274 e. The first-order valence-electron chi connectivity index (χ1n) is 4.39. The lowest BCUT2D eigenvalue weighted by atomic mass is 10.3. The van der Waals surface area contributed by atoms with Gasteiger partial charge in [-0.15, -0.1) is 0 Å². The van der Waals surface area contributed by atoms with Crippen molar-refractivity contribution in [3.8, 4) is 0 Å². The number of aromatic nitrogens is 3. The number of imidazole rings is 1. The fraction of sp³-hybridized carbons (Fsp3) is 0. The van der Waals surface area contributed by atoms with Gasteiger partial charge in [0.2, 0.25) is 0 Å². The molecule has 0 unspecified atom stereocenters. The quantitative estimate of drug-likeness (QED) is 0.599. The third-order valence-corrected chi connectivity index (χ3v) is 2.34. The van der Waals surface area contributed by atoms with Crippen molar-refractivity contribution < 1.29 is 4.39 Å². The smallest absolute Gasteiger partial charge is 0.274 e. The van der Waals surface area contributed by atoms with E-state index in [1.807, 2.05) is 0 Å². The molecule has 0 aliphatic carbocycles. The van der Waals surface area contributed by atoms with Gasteiger partial charge in [0.15, 0.2) is 0 Å². The number of fused-ring (bicyclic) bond motifs is 3. The summed E-state index contributed by atoms with van der Waals surface area (Å²) >= 11 is 0. The van der Waals surface area contributed by atoms with E-state index in [-0.39, 0.29) is 11.4 Å². The number of hydrogen-bond acceptors (Lipinski definition) is 2. The summed E-state index contributed by atoms with van der Waals surface area (Å²) in [5.41, 5.74) is 1.37. The molecular formula is C10H6FN3O. The summed E-state index contributed by atoms with van der Waals surface area (Å²) < 4.78 is 14.6. The molecule has 74 valence electrons. The molecule has 0 spiro atoms. The summed E-state index contributed by atoms with van der Waals surface area (Å²) in [5, 5.41) is 0. The molecule has 0 aliphatic rings. The fourth-order valence-electron chi connectivity index (χ4n) is 1.65. The molecule has 0 atom stereocenters. The highest BCUT2D eigenvalue weighted by Crippen LogP contribution is 2.12. The summed E-state index contributed by atoms with van der Waals surface area (Å²) in [7, 11) is 0. The molecular weight excluding hydrogens is 197 g/mol. The summed E-state index contributed by atoms with van der Waals surface area (Å²) in [4.78, 5) is 18.1. The first-order chi connectivity index (χ1) is 7.25. The van der Waals surface area contributed by atoms with E-state index in [4.69, 9.17) is 0 Å². The van der Waals surface area contributed by atoms with Crippen LogP contribution in [0.25, 0.3) is 16.6 Å². The number of rotatable bonds is 0. The molecule has 0 saturated carbocycles. The van der Waals surface area contributed by atoms with Gasteiger partial charge in [-0.3, -0.25) is 9.20 Å². The first-order valence-corrected chi connectivity index (χ1v) is 4.39. The van der Waals surface area contributed by atoms with E-state index >= 15 is 0 Å². The number of aromatic amines is 1. The summed E-state index contributed by atoms with van der Waals surface area (Å²) in [6.07, 6.45) is 2.94. The molecule has 1 N–H and O–H groups in total. The Morgan fingerprint density at radius 2 is 2.20 bits per heavy atom. The van der Waals surface area contributed by atoms with E-state index in [0.717, 1.165) is 0 Å². The van der Waals surface area contributed by atoms with Crippen LogP contribution in [0.2, 0.25) is 0 Å². The lowest BCUT2D eigenvalue weighted by Crippen LogP contribution is -2.09. The Hall–Kier alpha value is -2.17. The topological polar surface area (TPSA) is 50.2 Å². The zero-order valence-electron chi connectivity index (χ0n) is 7.57. The molecule has 3 rings (SSSR count). The standard InChI is InChI=1S/C10H6FN3O/c11-6-1-2-7-8(3-6)14-5-12-4-9(14)10(15)13-7/h1-5H,(H,13,15). The third-order valence-electron chi connectivity index (χ3n) is 2.34. The van der Waals surface area contributed by atoms with Crippen LogP contribution in [0.15, 0.2) is 35.5 Å². The van der Waals surface area contributed by atoms with Crippen LogP contribution in [-0.2, 0) is 0 Å². The third kappa shape index (κ3) is 1.06. The molecule has 0 amide bonds. The second-order valence-electron chi connectivity index (χ2n) is 3.26. The molecule has 0 saturated heterocycles. The Bertz CT molecular complexity index is 713. The minimum Gasteiger partial charge on any atom is -0.319 e. The predicted molar refractivity (Wildman–Crippen MR) is 53.3 cm³/mol. The molecule has 2 heterocycles. The van der Waals surface area contributed by atoms with Crippen molar-refractivity contribution >= 4 is 16.6 Å². The van der Waals surface area contributed by atoms with Crippen LogP contribution in [0.3, 0.4) is 0 Å². The highest BCUT2D eigenvalue weighted by Gasteiger charge is 2.05. The van der Waals surface area contributed by atoms with Gasteiger partial charge in [0.05, 0.1) is 23.6 Å². The average Bonchev–Trinajstić information content (AvgIpc) is 2.69. The lowest BCUT2D eigenvalue weighted by molar-refractivity contribution is 0.629. The van der Waals surface area contributed by atoms with Crippen LogP contribution in [0, 0.1) is 5.82 Å². The highest BCUT2D eigenvalue weighted by molar-refractivity contribution is 5.77. The van der Waals surface area contributed by atoms with E-state index in [9.17, 15) is 9.18 Å². The molecule has 1 aromatic carbocycles. The molecule has 5 heteroatoms. The van der Waals surface area contributed by atoms with Gasteiger partial charge < -0.3 is 4.98 Å². The van der Waals surface area contributed by atoms with Crippen molar-refractivity contribution in [2.24, 2.45) is 0 Å². The van der Waals surface area contributed by atoms with Gasteiger partial charge in [0.1, 0.15) is 11.3 Å². The number of hydrogen-bond donors (Lipinski definition) is 1. The normalized spacial score (nSPS) is 11.3. The highest BCUT2D eigenvalue weighted by atomic mass is 19.1. The zero-order chi connectivity index (χ0) is 10.4. The van der Waals surface area contributed by atoms with Gasteiger partial charge in [-0.25, -0.2) is 9.37 Å². The monoisotopic (exact) mass is 203 g/mol. The number of nitrogens with zero attached hydrogens (tertiary/aromatic N) is 2. The Balaban J connectivity index is 2.67. The lowest BCUT2D eigenvalue weighted by Gasteiger charge is -2.01. The van der Waals surface area contributed by atoms with Gasteiger partial charge >= 0.3 is 0 Å². The Labute approximate surface area is 83.0 Å². The SMILES string of the molecule is O=c1[nH]c2ccc(F)cc2n2cncc12. The van der Waals surface area contributed by atoms with Gasteiger partial charge in [0, 0.05) is 6.07 Å². The first kappa shape index (κ1) is 8.16. The van der Waals surface area contributed by atoms with Gasteiger partial charge in [0.25, 0.3) is 5.56 Å². The maximum atomic E-state index is 13.0. The summed E-state index contributed by atoms with van der Waals surface area (Å²) in [6, 6.07) is 4.20. The second-order valence-corrected chi connectivity index (χ2v) is 3.26. The van der Waals surface area contributed by atoms with E-state index in [1.165, 1.54) is 30.7 Å². The van der Waals surface area contributed by atoms with Crippen LogP contribution in [0.1, 0.15) is 0 Å². The fourth-order valence-corrected chi connectivity index (χ4v) is 1.65. The second kappa shape index (κ2) is 2.66. The largest absolute Gasteiger partial charge is 0.319 e. The van der Waals surface area contributed by atoms with Crippen LogP contribution < -0.4 is 5.56 Å². The summed E-state index contributed by atoms with van der Waals surface area (Å²) in [5.74, 6) is -0.343. The molecule has 2 aromatic heterocycles. The Kier molecular flexibility index (Phi) is 1.45. The molecule has 0 radical (unpaired) electrons. The number of nitrogens with one attached hydrogen (secondary N) is 1. The Morgan fingerprint density at radius 1 is 1.33 bits per heavy atom. The zero-order valence-corrected chi connectivity index (χ0v) is 7.57. The molecule has 3 aromatic rings. The minimum absolute atomic E-state index is 0.230.